The third kappa shape index (κ3) is 8.25. The van der Waals surface area contributed by atoms with Crippen molar-refractivity contribution in [3.63, 3.8) is 0 Å². The molecule has 2 unspecified atom stereocenters. The van der Waals surface area contributed by atoms with Crippen LogP contribution >= 0.6 is 8.58 Å². The van der Waals surface area contributed by atoms with E-state index < -0.39 is 43.2 Å². The van der Waals surface area contributed by atoms with Crippen molar-refractivity contribution < 1.29 is 27.6 Å². The van der Waals surface area contributed by atoms with E-state index in [4.69, 9.17) is 0 Å². The fourth-order valence-electron chi connectivity index (χ4n) is 4.24. The van der Waals surface area contributed by atoms with Crippen LogP contribution in [-0.4, -0.2) is 34.8 Å². The molecule has 11 heteroatoms. The molecule has 1 aromatic carbocycles. The van der Waals surface area contributed by atoms with Gasteiger partial charge in [0.2, 0.25) is 11.6 Å². The van der Waals surface area contributed by atoms with Gasteiger partial charge in [-0.2, -0.15) is 8.78 Å². The first-order chi connectivity index (χ1) is 17.7. The lowest BCUT2D eigenvalue weighted by Gasteiger charge is -2.31. The quantitative estimate of drug-likeness (QED) is 0.339. The van der Waals surface area contributed by atoms with Crippen LogP contribution in [0.25, 0.3) is 0 Å². The molecule has 1 saturated carbocycles. The van der Waals surface area contributed by atoms with E-state index in [2.05, 4.69) is 20.9 Å². The highest BCUT2D eigenvalue weighted by Gasteiger charge is 2.43. The number of carbonyl (C=O) groups excluding carboxylic acids is 3. The maximum Gasteiger partial charge on any atom is 0.351 e. The molecule has 1 aliphatic rings. The lowest BCUT2D eigenvalue weighted by molar-refractivity contribution is -0.147. The van der Waals surface area contributed by atoms with Gasteiger partial charge in [0.05, 0.1) is 11.5 Å². The number of rotatable bonds is 11. The van der Waals surface area contributed by atoms with Gasteiger partial charge in [0.25, 0.3) is 5.91 Å². The molecule has 37 heavy (non-hydrogen) atoms. The molecular formula is C26H32F3N4O3P. The van der Waals surface area contributed by atoms with Crippen LogP contribution < -0.4 is 16.0 Å². The topological polar surface area (TPSA) is 100 Å². The maximum absolute atomic E-state index is 14.8. The lowest BCUT2D eigenvalue weighted by Crippen LogP contribution is -2.46. The van der Waals surface area contributed by atoms with Crippen molar-refractivity contribution in [2.75, 3.05) is 11.9 Å². The van der Waals surface area contributed by atoms with Crippen LogP contribution in [0.2, 0.25) is 0 Å². The van der Waals surface area contributed by atoms with Gasteiger partial charge >= 0.3 is 5.92 Å². The first kappa shape index (κ1) is 28.6. The fourth-order valence-corrected chi connectivity index (χ4v) is 5.50. The average molecular weight is 537 g/mol. The van der Waals surface area contributed by atoms with Gasteiger partial charge in [-0.25, -0.2) is 4.39 Å². The number of nitrogens with one attached hydrogen (secondary N) is 3. The minimum atomic E-state index is -3.80. The van der Waals surface area contributed by atoms with Crippen LogP contribution in [0.4, 0.5) is 23.7 Å². The molecule has 1 aromatic heterocycles. The molecule has 0 radical (unpaired) electrons. The highest BCUT2D eigenvalue weighted by Crippen LogP contribution is 2.37. The van der Waals surface area contributed by atoms with E-state index in [9.17, 15) is 27.6 Å². The number of hydrogen-bond donors (Lipinski definition) is 3. The summed E-state index contributed by atoms with van der Waals surface area (Å²) in [5.74, 6) is -6.94. The number of aromatic nitrogens is 1. The second-order valence-electron chi connectivity index (χ2n) is 9.03. The molecule has 2 atom stereocenters. The first-order valence-corrected chi connectivity index (χ1v) is 13.5. The van der Waals surface area contributed by atoms with Crippen LogP contribution in [0.5, 0.6) is 0 Å². The van der Waals surface area contributed by atoms with E-state index in [-0.39, 0.29) is 17.5 Å². The van der Waals surface area contributed by atoms with Crippen LogP contribution in [0, 0.1) is 11.7 Å². The van der Waals surface area contributed by atoms with E-state index in [0.717, 1.165) is 31.5 Å². The predicted molar refractivity (Wildman–Crippen MR) is 137 cm³/mol. The van der Waals surface area contributed by atoms with Crippen molar-refractivity contribution in [3.05, 3.63) is 59.7 Å². The van der Waals surface area contributed by atoms with Crippen LogP contribution in [-0.2, 0) is 21.9 Å². The van der Waals surface area contributed by atoms with Gasteiger partial charge in [0, 0.05) is 30.9 Å². The number of hydrogen-bond acceptors (Lipinski definition) is 4. The number of benzene rings is 1. The molecule has 2 aromatic rings. The summed E-state index contributed by atoms with van der Waals surface area (Å²) in [6.45, 7) is 2.11. The molecule has 7 nitrogen and oxygen atoms in total. The summed E-state index contributed by atoms with van der Waals surface area (Å²) in [5, 5.41) is 7.64. The minimum absolute atomic E-state index is 0.0340. The third-order valence-corrected chi connectivity index (χ3v) is 7.66. The number of halogens is 3. The van der Waals surface area contributed by atoms with E-state index in [1.807, 2.05) is 0 Å². The summed E-state index contributed by atoms with van der Waals surface area (Å²) >= 11 is 0. The molecule has 0 bridgehead atoms. The second kappa shape index (κ2) is 13.5. The Hall–Kier alpha value is -3.00. The largest absolute Gasteiger partial charge is 0.356 e. The van der Waals surface area contributed by atoms with Gasteiger partial charge < -0.3 is 16.0 Å². The first-order valence-electron chi connectivity index (χ1n) is 12.4. The predicted octanol–water partition coefficient (Wildman–Crippen LogP) is 5.31. The number of alkyl halides is 2. The summed E-state index contributed by atoms with van der Waals surface area (Å²) < 4.78 is 44.2. The third-order valence-electron chi connectivity index (χ3n) is 6.34. The summed E-state index contributed by atoms with van der Waals surface area (Å²) in [4.78, 5) is 40.4. The van der Waals surface area contributed by atoms with Gasteiger partial charge in [-0.3, -0.25) is 19.4 Å². The Morgan fingerprint density at radius 1 is 1.16 bits per heavy atom. The van der Waals surface area contributed by atoms with Gasteiger partial charge in [-0.15, -0.1) is 0 Å². The Labute approximate surface area is 216 Å². The van der Waals surface area contributed by atoms with Gasteiger partial charge in [-0.05, 0) is 63.6 Å². The Bertz CT molecular complexity index is 1080. The molecule has 1 aliphatic carbocycles. The van der Waals surface area contributed by atoms with E-state index in [1.165, 1.54) is 24.4 Å². The molecule has 0 saturated heterocycles. The number of carbonyl (C=O) groups is 3. The van der Waals surface area contributed by atoms with Crippen molar-refractivity contribution in [2.45, 2.75) is 63.6 Å². The number of anilines is 1. The molecule has 0 aliphatic heterocycles. The van der Waals surface area contributed by atoms with Gasteiger partial charge in [-0.1, -0.05) is 32.3 Å². The van der Waals surface area contributed by atoms with Crippen molar-refractivity contribution in [1.29, 1.82) is 0 Å². The molecular weight excluding hydrogens is 504 g/mol. The molecule has 0 spiro atoms. The summed E-state index contributed by atoms with van der Waals surface area (Å²) in [6, 6.07) is 6.81. The van der Waals surface area contributed by atoms with E-state index in [0.29, 0.717) is 37.8 Å². The van der Waals surface area contributed by atoms with Crippen LogP contribution in [0.3, 0.4) is 0 Å². The van der Waals surface area contributed by atoms with Crippen molar-refractivity contribution in [1.82, 2.24) is 15.6 Å². The average Bonchev–Trinajstić information content (AvgIpc) is 2.90. The van der Waals surface area contributed by atoms with Crippen molar-refractivity contribution >= 4 is 31.7 Å². The molecule has 3 N–H and O–H groups in total. The normalized spacial score (nSPS) is 15.4. The molecule has 1 heterocycles. The SMILES string of the molecule is CCC(=O)NCCc1ccc(NC(=O)PC(NC(=O)C(F)(F)c2cccnc2)C2CCCCC2)c(F)c1. The zero-order valence-electron chi connectivity index (χ0n) is 20.7. The highest BCUT2D eigenvalue weighted by atomic mass is 31.1. The summed E-state index contributed by atoms with van der Waals surface area (Å²) in [6.07, 6.45) is 7.27. The smallest absolute Gasteiger partial charge is 0.351 e. The van der Waals surface area contributed by atoms with E-state index in [1.54, 1.807) is 13.0 Å². The minimum Gasteiger partial charge on any atom is -0.356 e. The lowest BCUT2D eigenvalue weighted by atomic mass is 9.89. The Morgan fingerprint density at radius 3 is 2.57 bits per heavy atom. The Kier molecular flexibility index (Phi) is 10.4. The maximum atomic E-state index is 14.8. The van der Waals surface area contributed by atoms with Gasteiger partial charge in [0.15, 0.2) is 0 Å². The number of nitrogens with zero attached hydrogens (tertiary/aromatic N) is 1. The second-order valence-corrected chi connectivity index (χ2v) is 10.4. The van der Waals surface area contributed by atoms with Crippen molar-refractivity contribution in [2.24, 2.45) is 5.92 Å². The summed E-state index contributed by atoms with van der Waals surface area (Å²) in [5.41, 5.74) is -0.464. The van der Waals surface area contributed by atoms with Crippen molar-refractivity contribution in [3.8, 4) is 0 Å². The molecule has 3 amide bonds. The molecule has 1 fully saturated rings. The Balaban J connectivity index is 1.65. The molecule has 3 rings (SSSR count). The molecule has 200 valence electrons. The number of pyridine rings is 1. The van der Waals surface area contributed by atoms with E-state index >= 15 is 0 Å². The summed E-state index contributed by atoms with van der Waals surface area (Å²) in [7, 11) is -0.571. The standard InChI is InChI=1S/C26H32F3N4O3P/c1-2-22(34)31-14-12-17-10-11-21(20(27)15-17)32-25(36)37-23(18-7-4-3-5-8-18)33-24(35)26(28,29)19-9-6-13-30-16-19/h6,9-11,13,15-16,18,23,37H,2-5,7-8,12,14H2,1H3,(H,31,34)(H,32,36)(H,33,35). The monoisotopic (exact) mass is 536 g/mol. The Morgan fingerprint density at radius 2 is 1.92 bits per heavy atom. The zero-order chi connectivity index (χ0) is 26.8. The number of amides is 3. The van der Waals surface area contributed by atoms with Crippen LogP contribution in [0.1, 0.15) is 56.6 Å². The zero-order valence-corrected chi connectivity index (χ0v) is 21.7. The van der Waals surface area contributed by atoms with Crippen LogP contribution in [0.15, 0.2) is 42.7 Å². The highest BCUT2D eigenvalue weighted by molar-refractivity contribution is 7.59. The van der Waals surface area contributed by atoms with Gasteiger partial charge in [0.1, 0.15) is 5.82 Å². The fraction of sp³-hybridized carbons (Fsp3) is 0.462.